The van der Waals surface area contributed by atoms with Crippen LogP contribution in [-0.4, -0.2) is 0 Å². The molecular formula is C96H71N3. The first-order valence-electron chi connectivity index (χ1n) is 33.8. The highest BCUT2D eigenvalue weighted by molar-refractivity contribution is 5.91. The van der Waals surface area contributed by atoms with Crippen molar-refractivity contribution in [1.82, 2.24) is 0 Å². The third kappa shape index (κ3) is 14.5. The largest absolute Gasteiger partial charge is 0.311 e. The van der Waals surface area contributed by atoms with Gasteiger partial charge in [0.1, 0.15) is 0 Å². The van der Waals surface area contributed by atoms with Crippen LogP contribution in [0.15, 0.2) is 431 Å². The van der Waals surface area contributed by atoms with Gasteiger partial charge in [-0.15, -0.1) is 0 Å². The topological polar surface area (TPSA) is 9.72 Å². The predicted octanol–water partition coefficient (Wildman–Crippen LogP) is 27.3. The Hall–Kier alpha value is -13.1. The summed E-state index contributed by atoms with van der Waals surface area (Å²) in [5.74, 6) is 0. The molecule has 17 rings (SSSR count). The zero-order valence-corrected chi connectivity index (χ0v) is 54.8. The van der Waals surface area contributed by atoms with Gasteiger partial charge in [0, 0.05) is 51.2 Å². The maximum absolute atomic E-state index is 2.30. The summed E-state index contributed by atoms with van der Waals surface area (Å²) in [6, 6.07) is 153. The molecule has 0 spiro atoms. The average Bonchev–Trinajstić information content (AvgIpc) is 0.864. The van der Waals surface area contributed by atoms with Crippen molar-refractivity contribution in [2.24, 2.45) is 0 Å². The van der Waals surface area contributed by atoms with Crippen LogP contribution in [0.2, 0.25) is 0 Å². The van der Waals surface area contributed by atoms with Gasteiger partial charge in [0.25, 0.3) is 0 Å². The van der Waals surface area contributed by atoms with Gasteiger partial charge in [-0.1, -0.05) is 303 Å². The molecule has 3 heteroatoms. The van der Waals surface area contributed by atoms with Crippen LogP contribution in [0.5, 0.6) is 0 Å². The maximum atomic E-state index is 2.30. The van der Waals surface area contributed by atoms with Crippen LogP contribution in [0.1, 0.15) is 0 Å². The predicted molar refractivity (Wildman–Crippen MR) is 423 cm³/mol. The average molecular weight is 1270 g/mol. The third-order valence-electron chi connectivity index (χ3n) is 18.1. The first-order valence-corrected chi connectivity index (χ1v) is 33.8. The van der Waals surface area contributed by atoms with Crippen molar-refractivity contribution in [2.75, 3.05) is 14.7 Å². The van der Waals surface area contributed by atoms with Crippen molar-refractivity contribution in [3.63, 3.8) is 0 Å². The molecule has 17 aromatic carbocycles. The number of fused-ring (bicyclic) bond motifs is 3. The number of nitrogens with zero attached hydrogens (tertiary/aromatic N) is 3. The summed E-state index contributed by atoms with van der Waals surface area (Å²) in [6.07, 6.45) is 0. The van der Waals surface area contributed by atoms with Gasteiger partial charge >= 0.3 is 0 Å². The van der Waals surface area contributed by atoms with Gasteiger partial charge < -0.3 is 14.7 Å². The molecule has 0 amide bonds. The SMILES string of the molecule is c1ccc(-c2ccc(N(c3ccccc3)c3ccc(-c4ccc5ccccc5c4)cc3)cc2)cc1.c1ccc(N(c2ccccc2)c2ccc(-c3ccc(-c4ccc5ccccc5c4)cc3)cc2)cc1.c1ccc(N(c2ccccc2)c2ccc(-c3ccc4ccccc4c3)cc2)cc1. The van der Waals surface area contributed by atoms with Crippen molar-refractivity contribution >= 4 is 83.5 Å². The van der Waals surface area contributed by atoms with Crippen LogP contribution in [0, 0.1) is 0 Å². The van der Waals surface area contributed by atoms with Gasteiger partial charge in [-0.25, -0.2) is 0 Å². The van der Waals surface area contributed by atoms with Crippen LogP contribution in [0.25, 0.3) is 88.0 Å². The molecule has 0 saturated carbocycles. The summed E-state index contributed by atoms with van der Waals surface area (Å²) in [4.78, 5) is 6.87. The van der Waals surface area contributed by atoms with E-state index >= 15 is 0 Å². The van der Waals surface area contributed by atoms with Crippen molar-refractivity contribution < 1.29 is 0 Å². The Labute approximate surface area is 581 Å². The summed E-state index contributed by atoms with van der Waals surface area (Å²) < 4.78 is 0. The Morgan fingerprint density at radius 2 is 0.253 bits per heavy atom. The van der Waals surface area contributed by atoms with Crippen molar-refractivity contribution in [3.05, 3.63) is 431 Å². The second kappa shape index (κ2) is 29.7. The summed E-state index contributed by atoms with van der Waals surface area (Å²) in [6.45, 7) is 0. The molecule has 0 aromatic heterocycles. The lowest BCUT2D eigenvalue weighted by Crippen LogP contribution is -2.09. The molecular weight excluding hydrogens is 1200 g/mol. The molecule has 0 fully saturated rings. The standard InChI is InChI=1S/2C34H25N.C28H21N/c1-3-11-32(12-4-1)35(33-13-5-2-6-14-33)34-23-21-28(22-24-34)27-15-17-29(18-16-27)31-20-19-26-9-7-8-10-30(26)25-31;1-3-9-26(10-4-1)28-17-21-33(22-18-28)35(32-13-5-2-6-14-32)34-23-19-29(20-24-34)31-16-15-27-11-7-8-12-30(27)25-31;1-3-11-26(12-4-1)29(27-13-5-2-6-14-27)28-19-17-23(18-20-28)25-16-15-22-9-7-8-10-24(22)21-25/h2*1-25H;1-21H. The van der Waals surface area contributed by atoms with Crippen molar-refractivity contribution in [1.29, 1.82) is 0 Å². The van der Waals surface area contributed by atoms with Gasteiger partial charge in [0.2, 0.25) is 0 Å². The minimum Gasteiger partial charge on any atom is -0.311 e. The van der Waals surface area contributed by atoms with Gasteiger partial charge in [-0.05, 0) is 215 Å². The van der Waals surface area contributed by atoms with Crippen LogP contribution in [0.3, 0.4) is 0 Å². The molecule has 0 bridgehead atoms. The Bertz CT molecular complexity index is 5340. The molecule has 470 valence electrons. The molecule has 0 aliphatic carbocycles. The highest BCUT2D eigenvalue weighted by Gasteiger charge is 2.16. The lowest BCUT2D eigenvalue weighted by molar-refractivity contribution is 1.28. The normalized spacial score (nSPS) is 10.8. The first-order chi connectivity index (χ1) is 49.1. The number of para-hydroxylation sites is 5. The zero-order chi connectivity index (χ0) is 66.4. The molecule has 0 atom stereocenters. The fourth-order valence-corrected chi connectivity index (χ4v) is 13.0. The van der Waals surface area contributed by atoms with Crippen LogP contribution >= 0.6 is 0 Å². The Balaban J connectivity index is 0.000000122. The third-order valence-corrected chi connectivity index (χ3v) is 18.1. The minimum absolute atomic E-state index is 1.13. The molecule has 0 N–H and O–H groups in total. The van der Waals surface area contributed by atoms with E-state index in [1.54, 1.807) is 0 Å². The van der Waals surface area contributed by atoms with Crippen LogP contribution in [0.4, 0.5) is 51.2 Å². The lowest BCUT2D eigenvalue weighted by atomic mass is 9.98. The van der Waals surface area contributed by atoms with E-state index in [2.05, 4.69) is 445 Å². The van der Waals surface area contributed by atoms with E-state index in [9.17, 15) is 0 Å². The summed E-state index contributed by atoms with van der Waals surface area (Å²) in [7, 11) is 0. The molecule has 17 aromatic rings. The smallest absolute Gasteiger partial charge is 0.0462 e. The molecule has 0 heterocycles. The van der Waals surface area contributed by atoms with Crippen molar-refractivity contribution in [3.8, 4) is 55.6 Å². The molecule has 0 radical (unpaired) electrons. The molecule has 0 unspecified atom stereocenters. The Morgan fingerprint density at radius 1 is 0.101 bits per heavy atom. The van der Waals surface area contributed by atoms with Crippen LogP contribution < -0.4 is 14.7 Å². The van der Waals surface area contributed by atoms with E-state index in [1.165, 1.54) is 88.0 Å². The van der Waals surface area contributed by atoms with E-state index < -0.39 is 0 Å². The van der Waals surface area contributed by atoms with E-state index in [4.69, 9.17) is 0 Å². The Morgan fingerprint density at radius 3 is 0.485 bits per heavy atom. The monoisotopic (exact) mass is 1270 g/mol. The summed E-state index contributed by atoms with van der Waals surface area (Å²) in [5.41, 5.74) is 22.5. The zero-order valence-electron chi connectivity index (χ0n) is 54.8. The molecule has 0 aliphatic heterocycles. The van der Waals surface area contributed by atoms with E-state index in [-0.39, 0.29) is 0 Å². The van der Waals surface area contributed by atoms with Gasteiger partial charge in [-0.2, -0.15) is 0 Å². The lowest BCUT2D eigenvalue weighted by Gasteiger charge is -2.26. The van der Waals surface area contributed by atoms with E-state index in [1.807, 2.05) is 0 Å². The number of hydrogen-bond donors (Lipinski definition) is 0. The quantitative estimate of drug-likeness (QED) is 0.107. The van der Waals surface area contributed by atoms with Crippen LogP contribution in [-0.2, 0) is 0 Å². The molecule has 0 aliphatic rings. The maximum Gasteiger partial charge on any atom is 0.0462 e. The van der Waals surface area contributed by atoms with Gasteiger partial charge in [-0.3, -0.25) is 0 Å². The summed E-state index contributed by atoms with van der Waals surface area (Å²) >= 11 is 0. The van der Waals surface area contributed by atoms with E-state index in [0.29, 0.717) is 0 Å². The fraction of sp³-hybridized carbons (Fsp3) is 0. The molecule has 0 saturated heterocycles. The highest BCUT2D eigenvalue weighted by Crippen LogP contribution is 2.40. The number of anilines is 9. The fourth-order valence-electron chi connectivity index (χ4n) is 13.0. The minimum atomic E-state index is 1.13. The van der Waals surface area contributed by atoms with Gasteiger partial charge in [0.05, 0.1) is 0 Å². The van der Waals surface area contributed by atoms with Crippen molar-refractivity contribution in [2.45, 2.75) is 0 Å². The number of benzene rings is 17. The summed E-state index contributed by atoms with van der Waals surface area (Å²) in [5, 5.41) is 7.61. The number of hydrogen-bond acceptors (Lipinski definition) is 3. The first kappa shape index (κ1) is 62.1. The number of rotatable bonds is 14. The second-order valence-corrected chi connectivity index (χ2v) is 24.5. The second-order valence-electron chi connectivity index (χ2n) is 24.5. The van der Waals surface area contributed by atoms with E-state index in [0.717, 1.165) is 51.2 Å². The highest BCUT2D eigenvalue weighted by atomic mass is 15.2. The molecule has 99 heavy (non-hydrogen) atoms. The molecule has 3 nitrogen and oxygen atoms in total. The van der Waals surface area contributed by atoms with Gasteiger partial charge in [0.15, 0.2) is 0 Å². The Kier molecular flexibility index (Phi) is 18.6.